The van der Waals surface area contributed by atoms with Crippen molar-refractivity contribution in [2.75, 3.05) is 33.3 Å². The Balaban J connectivity index is 0. The van der Waals surface area contributed by atoms with Gasteiger partial charge < -0.3 is 15.3 Å². The second kappa shape index (κ2) is 13.1. The molecule has 0 bridgehead atoms. The van der Waals surface area contributed by atoms with Crippen molar-refractivity contribution in [2.45, 2.75) is 26.7 Å². The molecule has 0 aliphatic rings. The minimum atomic E-state index is 0. The summed E-state index contributed by atoms with van der Waals surface area (Å²) in [5.74, 6) is 1.13. The number of aliphatic imine (C=N–C) groups is 1. The van der Waals surface area contributed by atoms with Gasteiger partial charge in [-0.25, -0.2) is 0 Å². The first-order valence-electron chi connectivity index (χ1n) is 6.36. The van der Waals surface area contributed by atoms with E-state index in [0.717, 1.165) is 31.9 Å². The largest absolute Gasteiger partial charge is 0.396 e. The topological polar surface area (TPSA) is 47.9 Å². The van der Waals surface area contributed by atoms with Gasteiger partial charge in [-0.3, -0.25) is 4.99 Å². The number of rotatable bonds is 8. The van der Waals surface area contributed by atoms with Crippen molar-refractivity contribution in [3.63, 3.8) is 0 Å². The number of aliphatic hydroxyl groups is 1. The Morgan fingerprint density at radius 3 is 2.72 bits per heavy atom. The van der Waals surface area contributed by atoms with Gasteiger partial charge in [-0.1, -0.05) is 13.0 Å². The number of nitrogens with zero attached hydrogens (tertiary/aromatic N) is 2. The normalized spacial score (nSPS) is 12.6. The Hall–Kier alpha value is -0.300. The average Bonchev–Trinajstić information content (AvgIpc) is 2.34. The highest BCUT2D eigenvalue weighted by molar-refractivity contribution is 14.0. The molecule has 1 atom stereocenters. The molecule has 108 valence electrons. The van der Waals surface area contributed by atoms with E-state index in [1.807, 2.05) is 20.0 Å². The Morgan fingerprint density at radius 2 is 2.22 bits per heavy atom. The van der Waals surface area contributed by atoms with Crippen LogP contribution in [0.1, 0.15) is 26.7 Å². The molecule has 2 N–H and O–H groups in total. The summed E-state index contributed by atoms with van der Waals surface area (Å²) in [5.41, 5.74) is 0. The molecule has 0 heterocycles. The minimum Gasteiger partial charge on any atom is -0.396 e. The molecule has 0 spiro atoms. The van der Waals surface area contributed by atoms with Gasteiger partial charge in [-0.05, 0) is 25.7 Å². The van der Waals surface area contributed by atoms with Crippen molar-refractivity contribution in [2.24, 2.45) is 10.9 Å². The van der Waals surface area contributed by atoms with E-state index in [4.69, 9.17) is 5.11 Å². The van der Waals surface area contributed by atoms with Crippen molar-refractivity contribution in [3.8, 4) is 0 Å². The zero-order valence-electron chi connectivity index (χ0n) is 11.9. The zero-order valence-corrected chi connectivity index (χ0v) is 14.2. The van der Waals surface area contributed by atoms with Crippen LogP contribution in [0, 0.1) is 5.92 Å². The summed E-state index contributed by atoms with van der Waals surface area (Å²) < 4.78 is 0. The van der Waals surface area contributed by atoms with E-state index in [0.29, 0.717) is 6.54 Å². The molecule has 0 aliphatic carbocycles. The minimum absolute atomic E-state index is 0. The first-order chi connectivity index (χ1) is 8.15. The SMILES string of the molecule is C=CCCCN(C)C(=NCC(C)CO)NCC.I. The lowest BCUT2D eigenvalue weighted by Crippen LogP contribution is -2.39. The number of aliphatic hydroxyl groups excluding tert-OH is 1. The van der Waals surface area contributed by atoms with Crippen LogP contribution in [0.25, 0.3) is 0 Å². The highest BCUT2D eigenvalue weighted by atomic mass is 127. The molecule has 0 aromatic rings. The molecule has 4 nitrogen and oxygen atoms in total. The van der Waals surface area contributed by atoms with Gasteiger partial charge in [0.1, 0.15) is 0 Å². The summed E-state index contributed by atoms with van der Waals surface area (Å²) in [6.45, 7) is 10.4. The summed E-state index contributed by atoms with van der Waals surface area (Å²) in [6.07, 6.45) is 4.04. The molecule has 1 unspecified atom stereocenters. The van der Waals surface area contributed by atoms with Crippen LogP contribution in [0.3, 0.4) is 0 Å². The van der Waals surface area contributed by atoms with Gasteiger partial charge in [-0.15, -0.1) is 30.6 Å². The molecule has 0 saturated carbocycles. The number of halogens is 1. The van der Waals surface area contributed by atoms with Gasteiger partial charge in [0.15, 0.2) is 5.96 Å². The predicted octanol–water partition coefficient (Wildman–Crippen LogP) is 2.10. The van der Waals surface area contributed by atoms with Crippen LogP contribution >= 0.6 is 24.0 Å². The molecule has 0 amide bonds. The number of unbranched alkanes of at least 4 members (excludes halogenated alkanes) is 1. The third-order valence-corrected chi connectivity index (χ3v) is 2.46. The van der Waals surface area contributed by atoms with Crippen LogP contribution in [0.2, 0.25) is 0 Å². The molecule has 0 aliphatic heterocycles. The average molecular weight is 369 g/mol. The fourth-order valence-electron chi connectivity index (χ4n) is 1.35. The van der Waals surface area contributed by atoms with E-state index in [-0.39, 0.29) is 36.5 Å². The van der Waals surface area contributed by atoms with E-state index in [9.17, 15) is 0 Å². The van der Waals surface area contributed by atoms with Crippen LogP contribution in [0.4, 0.5) is 0 Å². The van der Waals surface area contributed by atoms with E-state index < -0.39 is 0 Å². The van der Waals surface area contributed by atoms with Gasteiger partial charge in [-0.2, -0.15) is 0 Å². The fraction of sp³-hybridized carbons (Fsp3) is 0.769. The first-order valence-corrected chi connectivity index (χ1v) is 6.36. The molecule has 0 aromatic carbocycles. The molecule has 18 heavy (non-hydrogen) atoms. The summed E-state index contributed by atoms with van der Waals surface area (Å²) in [4.78, 5) is 6.63. The smallest absolute Gasteiger partial charge is 0.193 e. The second-order valence-corrected chi connectivity index (χ2v) is 4.33. The number of guanidine groups is 1. The standard InChI is InChI=1S/C13H27N3O.HI/c1-5-7-8-9-16(4)13(14-6-2)15-10-12(3)11-17;/h5,12,17H,1,6-11H2,2-4H3,(H,14,15);1H. The van der Waals surface area contributed by atoms with Crippen LogP contribution in [0.5, 0.6) is 0 Å². The van der Waals surface area contributed by atoms with E-state index in [1.165, 1.54) is 0 Å². The van der Waals surface area contributed by atoms with Crippen molar-refractivity contribution >= 4 is 29.9 Å². The fourth-order valence-corrected chi connectivity index (χ4v) is 1.35. The first kappa shape index (κ1) is 20.0. The Labute approximate surface area is 129 Å². The molecular weight excluding hydrogens is 341 g/mol. The van der Waals surface area contributed by atoms with Gasteiger partial charge in [0.2, 0.25) is 0 Å². The maximum Gasteiger partial charge on any atom is 0.193 e. The summed E-state index contributed by atoms with van der Waals surface area (Å²) >= 11 is 0. The lowest BCUT2D eigenvalue weighted by molar-refractivity contribution is 0.241. The lowest BCUT2D eigenvalue weighted by Gasteiger charge is -2.22. The Kier molecular flexibility index (Phi) is 14.6. The van der Waals surface area contributed by atoms with Gasteiger partial charge in [0.25, 0.3) is 0 Å². The monoisotopic (exact) mass is 369 g/mol. The number of nitrogens with one attached hydrogen (secondary N) is 1. The third kappa shape index (κ3) is 9.70. The summed E-state index contributed by atoms with van der Waals surface area (Å²) in [6, 6.07) is 0. The Morgan fingerprint density at radius 1 is 1.56 bits per heavy atom. The second-order valence-electron chi connectivity index (χ2n) is 4.33. The van der Waals surface area contributed by atoms with Crippen molar-refractivity contribution in [3.05, 3.63) is 12.7 Å². The molecule has 0 aromatic heterocycles. The maximum atomic E-state index is 8.98. The molecule has 5 heteroatoms. The molecule has 0 radical (unpaired) electrons. The van der Waals surface area contributed by atoms with E-state index in [2.05, 4.69) is 28.7 Å². The molecule has 0 saturated heterocycles. The van der Waals surface area contributed by atoms with E-state index >= 15 is 0 Å². The predicted molar refractivity (Wildman–Crippen MR) is 89.7 cm³/mol. The highest BCUT2D eigenvalue weighted by Crippen LogP contribution is 1.97. The van der Waals surface area contributed by atoms with Crippen LogP contribution in [0.15, 0.2) is 17.6 Å². The summed E-state index contributed by atoms with van der Waals surface area (Å²) in [7, 11) is 2.04. The summed E-state index contributed by atoms with van der Waals surface area (Å²) in [5, 5.41) is 12.2. The van der Waals surface area contributed by atoms with Crippen LogP contribution < -0.4 is 5.32 Å². The Bertz CT molecular complexity index is 234. The van der Waals surface area contributed by atoms with Crippen molar-refractivity contribution < 1.29 is 5.11 Å². The van der Waals surface area contributed by atoms with Gasteiger partial charge in [0.05, 0.1) is 0 Å². The highest BCUT2D eigenvalue weighted by Gasteiger charge is 2.05. The number of allylic oxidation sites excluding steroid dienone is 1. The number of hydrogen-bond acceptors (Lipinski definition) is 2. The number of hydrogen-bond donors (Lipinski definition) is 2. The zero-order chi connectivity index (χ0) is 13.1. The van der Waals surface area contributed by atoms with Crippen LogP contribution in [-0.4, -0.2) is 49.3 Å². The third-order valence-electron chi connectivity index (χ3n) is 2.46. The van der Waals surface area contributed by atoms with Crippen molar-refractivity contribution in [1.82, 2.24) is 10.2 Å². The van der Waals surface area contributed by atoms with Gasteiger partial charge >= 0.3 is 0 Å². The molecule has 0 fully saturated rings. The van der Waals surface area contributed by atoms with Gasteiger partial charge in [0, 0.05) is 33.3 Å². The molecule has 0 rings (SSSR count). The van der Waals surface area contributed by atoms with Crippen LogP contribution in [-0.2, 0) is 0 Å². The van der Waals surface area contributed by atoms with Crippen molar-refractivity contribution in [1.29, 1.82) is 0 Å². The molecular formula is C13H28IN3O. The van der Waals surface area contributed by atoms with E-state index in [1.54, 1.807) is 0 Å². The quantitative estimate of drug-likeness (QED) is 0.227. The lowest BCUT2D eigenvalue weighted by atomic mass is 10.2. The maximum absolute atomic E-state index is 8.98.